The predicted octanol–water partition coefficient (Wildman–Crippen LogP) is 1.73. The molecule has 0 bridgehead atoms. The molecular weight excluding hydrogens is 281 g/mol. The van der Waals surface area contributed by atoms with Crippen molar-refractivity contribution in [2.24, 2.45) is 0 Å². The van der Waals surface area contributed by atoms with E-state index in [-0.39, 0.29) is 12.6 Å². The summed E-state index contributed by atoms with van der Waals surface area (Å²) >= 11 is 0. The van der Waals surface area contributed by atoms with Crippen molar-refractivity contribution in [3.63, 3.8) is 0 Å². The Morgan fingerprint density at radius 1 is 1.26 bits per heavy atom. The average molecular weight is 302 g/mol. The lowest BCUT2D eigenvalue weighted by Crippen LogP contribution is -2.47. The van der Waals surface area contributed by atoms with Crippen LogP contribution >= 0.6 is 0 Å². The van der Waals surface area contributed by atoms with Crippen molar-refractivity contribution < 1.29 is 21.6 Å². The molecule has 1 atom stereocenters. The van der Waals surface area contributed by atoms with Crippen LogP contribution in [-0.4, -0.2) is 49.3 Å². The Bertz CT molecular complexity index is 391. The molecular formula is C11H21F3N2O2S. The van der Waals surface area contributed by atoms with Crippen molar-refractivity contribution >= 4 is 10.0 Å². The molecule has 1 fully saturated rings. The van der Waals surface area contributed by atoms with Crippen molar-refractivity contribution in [3.05, 3.63) is 0 Å². The van der Waals surface area contributed by atoms with Crippen LogP contribution in [0.4, 0.5) is 13.2 Å². The maximum atomic E-state index is 12.5. The smallest absolute Gasteiger partial charge is 0.313 e. The zero-order valence-corrected chi connectivity index (χ0v) is 12.2. The first-order chi connectivity index (χ1) is 8.54. The largest absolute Gasteiger partial charge is 0.402 e. The fourth-order valence-electron chi connectivity index (χ4n) is 1.70. The van der Waals surface area contributed by atoms with Crippen LogP contribution in [0.15, 0.2) is 0 Å². The highest BCUT2D eigenvalue weighted by Crippen LogP contribution is 2.33. The summed E-state index contributed by atoms with van der Waals surface area (Å²) in [5, 5.41) is 2.08. The molecule has 1 aliphatic rings. The summed E-state index contributed by atoms with van der Waals surface area (Å²) in [6, 6.07) is -0.386. The molecule has 0 heterocycles. The topological polar surface area (TPSA) is 49.4 Å². The van der Waals surface area contributed by atoms with Crippen LogP contribution in [0.25, 0.3) is 0 Å². The Labute approximate surface area is 112 Å². The second-order valence-corrected chi connectivity index (χ2v) is 7.61. The molecule has 0 aromatic carbocycles. The highest BCUT2D eigenvalue weighted by atomic mass is 32.2. The molecule has 19 heavy (non-hydrogen) atoms. The zero-order valence-electron chi connectivity index (χ0n) is 11.4. The summed E-state index contributed by atoms with van der Waals surface area (Å²) < 4.78 is 62.4. The van der Waals surface area contributed by atoms with Crippen LogP contribution in [0.1, 0.15) is 33.6 Å². The van der Waals surface area contributed by atoms with Gasteiger partial charge in [0.15, 0.2) is 0 Å². The fourth-order valence-corrected chi connectivity index (χ4v) is 3.43. The first kappa shape index (κ1) is 16.7. The molecule has 0 aliphatic heterocycles. The van der Waals surface area contributed by atoms with E-state index < -0.39 is 34.0 Å². The third kappa shape index (κ3) is 5.27. The highest BCUT2D eigenvalue weighted by molar-refractivity contribution is 7.89. The molecule has 1 aliphatic carbocycles. The predicted molar refractivity (Wildman–Crippen MR) is 67.3 cm³/mol. The number of nitrogens with zero attached hydrogens (tertiary/aromatic N) is 1. The van der Waals surface area contributed by atoms with E-state index in [1.807, 2.05) is 13.8 Å². The lowest BCUT2D eigenvalue weighted by atomic mass is 10.3. The molecule has 0 radical (unpaired) electrons. The van der Waals surface area contributed by atoms with Gasteiger partial charge in [-0.05, 0) is 19.8 Å². The zero-order chi connectivity index (χ0) is 14.8. The Balaban J connectivity index is 2.75. The van der Waals surface area contributed by atoms with Crippen LogP contribution < -0.4 is 5.32 Å². The summed E-state index contributed by atoms with van der Waals surface area (Å²) in [4.78, 5) is 0. The van der Waals surface area contributed by atoms with Crippen molar-refractivity contribution in [1.29, 1.82) is 0 Å². The maximum absolute atomic E-state index is 12.5. The lowest BCUT2D eigenvalue weighted by molar-refractivity contribution is -0.137. The molecule has 0 spiro atoms. The van der Waals surface area contributed by atoms with Crippen molar-refractivity contribution in [2.45, 2.75) is 57.1 Å². The second-order valence-electron chi connectivity index (χ2n) is 5.31. The van der Waals surface area contributed by atoms with Crippen LogP contribution in [0.2, 0.25) is 0 Å². The number of nitrogens with one attached hydrogen (secondary N) is 1. The van der Waals surface area contributed by atoms with Crippen LogP contribution in [0.5, 0.6) is 0 Å². The average Bonchev–Trinajstić information content (AvgIpc) is 3.04. The van der Waals surface area contributed by atoms with Gasteiger partial charge in [0.05, 0.1) is 5.25 Å². The summed E-state index contributed by atoms with van der Waals surface area (Å²) in [7, 11) is -3.92. The van der Waals surface area contributed by atoms with E-state index in [4.69, 9.17) is 0 Å². The van der Waals surface area contributed by atoms with Gasteiger partial charge in [0.2, 0.25) is 10.0 Å². The summed E-state index contributed by atoms with van der Waals surface area (Å²) in [5.41, 5.74) is 0. The minimum Gasteiger partial charge on any atom is -0.313 e. The molecule has 0 saturated heterocycles. The number of hydrogen-bond donors (Lipinski definition) is 1. The van der Waals surface area contributed by atoms with Crippen molar-refractivity contribution in [2.75, 3.05) is 13.1 Å². The number of rotatable bonds is 7. The SMILES string of the molecule is CC(C)NCC(C)S(=O)(=O)N(CC(F)(F)F)C1CC1. The molecule has 0 aromatic heterocycles. The van der Waals surface area contributed by atoms with Gasteiger partial charge in [-0.15, -0.1) is 0 Å². The third-order valence-corrected chi connectivity index (χ3v) is 5.20. The fraction of sp³-hybridized carbons (Fsp3) is 1.00. The van der Waals surface area contributed by atoms with Gasteiger partial charge < -0.3 is 5.32 Å². The quantitative estimate of drug-likeness (QED) is 0.779. The van der Waals surface area contributed by atoms with Crippen LogP contribution in [0, 0.1) is 0 Å². The van der Waals surface area contributed by atoms with E-state index in [0.717, 1.165) is 0 Å². The van der Waals surface area contributed by atoms with Crippen LogP contribution in [-0.2, 0) is 10.0 Å². The van der Waals surface area contributed by atoms with Gasteiger partial charge in [0.1, 0.15) is 6.54 Å². The molecule has 1 N–H and O–H groups in total. The first-order valence-corrected chi connectivity index (χ1v) is 7.85. The van der Waals surface area contributed by atoms with Gasteiger partial charge >= 0.3 is 6.18 Å². The number of hydrogen-bond acceptors (Lipinski definition) is 3. The summed E-state index contributed by atoms with van der Waals surface area (Å²) in [6.45, 7) is 3.92. The Kier molecular flexibility index (Phi) is 5.25. The van der Waals surface area contributed by atoms with E-state index in [1.165, 1.54) is 6.92 Å². The van der Waals surface area contributed by atoms with Gasteiger partial charge in [-0.25, -0.2) is 8.42 Å². The molecule has 1 unspecified atom stereocenters. The van der Waals surface area contributed by atoms with Crippen molar-refractivity contribution in [1.82, 2.24) is 9.62 Å². The van der Waals surface area contributed by atoms with Gasteiger partial charge in [-0.3, -0.25) is 0 Å². The minimum absolute atomic E-state index is 0.0923. The van der Waals surface area contributed by atoms with Gasteiger partial charge in [-0.1, -0.05) is 13.8 Å². The molecule has 4 nitrogen and oxygen atoms in total. The second kappa shape index (κ2) is 5.97. The normalized spacial score (nSPS) is 19.2. The molecule has 1 rings (SSSR count). The Hall–Kier alpha value is -0.340. The summed E-state index contributed by atoms with van der Waals surface area (Å²) in [5.74, 6) is 0. The first-order valence-electron chi connectivity index (χ1n) is 6.35. The van der Waals surface area contributed by atoms with E-state index in [2.05, 4.69) is 5.32 Å². The van der Waals surface area contributed by atoms with Gasteiger partial charge in [0.25, 0.3) is 0 Å². The lowest BCUT2D eigenvalue weighted by Gasteiger charge is -2.27. The number of sulfonamides is 1. The van der Waals surface area contributed by atoms with E-state index in [1.54, 1.807) is 0 Å². The molecule has 1 saturated carbocycles. The standard InChI is InChI=1S/C11H21F3N2O2S/c1-8(2)15-6-9(3)19(17,18)16(10-4-5-10)7-11(12,13)14/h8-10,15H,4-7H2,1-3H3. The van der Waals surface area contributed by atoms with Gasteiger partial charge in [-0.2, -0.15) is 17.5 Å². The maximum Gasteiger partial charge on any atom is 0.402 e. The van der Waals surface area contributed by atoms with E-state index in [0.29, 0.717) is 17.1 Å². The van der Waals surface area contributed by atoms with Gasteiger partial charge in [0, 0.05) is 18.6 Å². The van der Waals surface area contributed by atoms with E-state index in [9.17, 15) is 21.6 Å². The molecule has 114 valence electrons. The molecule has 0 aromatic rings. The minimum atomic E-state index is -4.50. The number of alkyl halides is 3. The number of halogens is 3. The summed E-state index contributed by atoms with van der Waals surface area (Å²) in [6.07, 6.45) is -3.47. The Morgan fingerprint density at radius 3 is 2.16 bits per heavy atom. The highest BCUT2D eigenvalue weighted by Gasteiger charge is 2.45. The third-order valence-electron chi connectivity index (χ3n) is 2.94. The Morgan fingerprint density at radius 2 is 1.79 bits per heavy atom. The van der Waals surface area contributed by atoms with E-state index >= 15 is 0 Å². The van der Waals surface area contributed by atoms with Crippen LogP contribution in [0.3, 0.4) is 0 Å². The van der Waals surface area contributed by atoms with Crippen molar-refractivity contribution in [3.8, 4) is 0 Å². The molecule has 0 amide bonds. The monoisotopic (exact) mass is 302 g/mol. The molecule has 8 heteroatoms.